The van der Waals surface area contributed by atoms with Crippen LogP contribution in [0.3, 0.4) is 0 Å². The van der Waals surface area contributed by atoms with E-state index >= 15 is 0 Å². The lowest BCUT2D eigenvalue weighted by Gasteiger charge is -2.27. The van der Waals surface area contributed by atoms with E-state index in [0.29, 0.717) is 11.3 Å². The fourth-order valence-electron chi connectivity index (χ4n) is 1.82. The number of hydrogen-bond donors (Lipinski definition) is 1. The van der Waals surface area contributed by atoms with E-state index in [0.717, 1.165) is 26.2 Å². The Morgan fingerprint density at radius 2 is 2.07 bits per heavy atom. The van der Waals surface area contributed by atoms with Crippen molar-refractivity contribution in [2.75, 3.05) is 31.1 Å². The van der Waals surface area contributed by atoms with Gasteiger partial charge in [0.05, 0.1) is 43.5 Å². The van der Waals surface area contributed by atoms with Gasteiger partial charge >= 0.3 is 0 Å². The molecule has 1 aromatic carbocycles. The molecule has 1 aliphatic heterocycles. The Morgan fingerprint density at radius 1 is 1.33 bits per heavy atom. The maximum atomic E-state index is 13.6. The zero-order valence-corrected chi connectivity index (χ0v) is 8.41. The number of hydrogen-bond acceptors (Lipinski definition) is 2. The molecule has 2 rings (SSSR count). The highest BCUT2D eigenvalue weighted by atomic mass is 19.1. The smallest absolute Gasteiger partial charge is 0.147 e. The average Bonchev–Trinajstić information content (AvgIpc) is 2.30. The van der Waals surface area contributed by atoms with Gasteiger partial charge in [-0.3, -0.25) is 0 Å². The van der Waals surface area contributed by atoms with E-state index in [4.69, 9.17) is 5.26 Å². The number of benzene rings is 1. The number of nitrogens with two attached hydrogens (primary N) is 1. The third kappa shape index (κ3) is 2.08. The summed E-state index contributed by atoms with van der Waals surface area (Å²) >= 11 is 0. The molecule has 0 saturated carbocycles. The Labute approximate surface area is 88.1 Å². The first kappa shape index (κ1) is 9.94. The van der Waals surface area contributed by atoms with Crippen LogP contribution in [0.4, 0.5) is 10.1 Å². The summed E-state index contributed by atoms with van der Waals surface area (Å²) in [5.74, 6) is -0.295. The molecule has 1 saturated heterocycles. The van der Waals surface area contributed by atoms with Gasteiger partial charge in [-0.15, -0.1) is 0 Å². The largest absolute Gasteiger partial charge is 0.358 e. The highest BCUT2D eigenvalue weighted by molar-refractivity contribution is 5.51. The van der Waals surface area contributed by atoms with Crippen LogP contribution in [-0.4, -0.2) is 26.2 Å². The second kappa shape index (κ2) is 4.28. The van der Waals surface area contributed by atoms with Crippen molar-refractivity contribution in [1.82, 2.24) is 0 Å². The molecule has 1 heterocycles. The molecule has 4 heteroatoms. The quantitative estimate of drug-likeness (QED) is 0.707. The summed E-state index contributed by atoms with van der Waals surface area (Å²) in [5.41, 5.74) is 0.988. The Hall–Kier alpha value is -1.60. The molecule has 2 N–H and O–H groups in total. The third-order valence-electron chi connectivity index (χ3n) is 2.62. The minimum absolute atomic E-state index is 0.295. The number of nitrogens with zero attached hydrogens (tertiary/aromatic N) is 2. The lowest BCUT2D eigenvalue weighted by molar-refractivity contribution is -0.655. The Bertz CT molecular complexity index is 391. The van der Waals surface area contributed by atoms with Crippen molar-refractivity contribution in [2.24, 2.45) is 0 Å². The highest BCUT2D eigenvalue weighted by Gasteiger charge is 2.16. The summed E-state index contributed by atoms with van der Waals surface area (Å²) in [6.45, 7) is 3.73. The second-order valence-electron chi connectivity index (χ2n) is 3.63. The predicted molar refractivity (Wildman–Crippen MR) is 55.0 cm³/mol. The fraction of sp³-hybridized carbons (Fsp3) is 0.364. The number of nitriles is 1. The Kier molecular flexibility index (Phi) is 2.84. The van der Waals surface area contributed by atoms with E-state index in [1.165, 1.54) is 6.07 Å². The first-order chi connectivity index (χ1) is 7.31. The predicted octanol–water partition coefficient (Wildman–Crippen LogP) is 0.0808. The van der Waals surface area contributed by atoms with Crippen LogP contribution < -0.4 is 10.2 Å². The van der Waals surface area contributed by atoms with E-state index in [1.807, 2.05) is 11.0 Å². The Balaban J connectivity index is 2.24. The van der Waals surface area contributed by atoms with Gasteiger partial charge in [-0.25, -0.2) is 4.39 Å². The van der Waals surface area contributed by atoms with Gasteiger partial charge in [0.25, 0.3) is 0 Å². The van der Waals surface area contributed by atoms with E-state index in [2.05, 4.69) is 5.32 Å². The van der Waals surface area contributed by atoms with Gasteiger partial charge in [0, 0.05) is 0 Å². The summed E-state index contributed by atoms with van der Waals surface area (Å²) in [6.07, 6.45) is 0. The summed E-state index contributed by atoms with van der Waals surface area (Å²) in [4.78, 5) is 2.02. The molecule has 78 valence electrons. The fourth-order valence-corrected chi connectivity index (χ4v) is 1.82. The van der Waals surface area contributed by atoms with Crippen LogP contribution in [0.2, 0.25) is 0 Å². The van der Waals surface area contributed by atoms with E-state index in [9.17, 15) is 4.39 Å². The SMILES string of the molecule is N#Cc1ccc(N2CC[NH2+]CC2)c(F)c1. The summed E-state index contributed by atoms with van der Waals surface area (Å²) < 4.78 is 13.6. The first-order valence-corrected chi connectivity index (χ1v) is 5.07. The van der Waals surface area contributed by atoms with Gasteiger partial charge in [0.2, 0.25) is 0 Å². The minimum atomic E-state index is -0.295. The monoisotopic (exact) mass is 206 g/mol. The molecule has 0 bridgehead atoms. The highest BCUT2D eigenvalue weighted by Crippen LogP contribution is 2.19. The second-order valence-corrected chi connectivity index (χ2v) is 3.63. The van der Waals surface area contributed by atoms with E-state index in [1.54, 1.807) is 12.1 Å². The van der Waals surface area contributed by atoms with Crippen LogP contribution in [0, 0.1) is 17.1 Å². The van der Waals surface area contributed by atoms with E-state index < -0.39 is 0 Å². The van der Waals surface area contributed by atoms with Crippen molar-refractivity contribution >= 4 is 5.69 Å². The molecule has 0 amide bonds. The van der Waals surface area contributed by atoms with Crippen LogP contribution in [0.25, 0.3) is 0 Å². The third-order valence-corrected chi connectivity index (χ3v) is 2.62. The summed E-state index contributed by atoms with van der Waals surface area (Å²) in [7, 11) is 0. The molecule has 1 aromatic rings. The van der Waals surface area contributed by atoms with Crippen molar-refractivity contribution in [1.29, 1.82) is 5.26 Å². The zero-order valence-electron chi connectivity index (χ0n) is 8.41. The minimum Gasteiger partial charge on any atom is -0.358 e. The molecule has 1 fully saturated rings. The van der Waals surface area contributed by atoms with Crippen molar-refractivity contribution in [3.8, 4) is 6.07 Å². The van der Waals surface area contributed by atoms with Crippen molar-refractivity contribution in [2.45, 2.75) is 0 Å². The van der Waals surface area contributed by atoms with Gasteiger partial charge in [-0.05, 0) is 18.2 Å². The number of quaternary nitrogens is 1. The van der Waals surface area contributed by atoms with Crippen molar-refractivity contribution in [3.63, 3.8) is 0 Å². The maximum absolute atomic E-state index is 13.6. The molecule has 1 aliphatic rings. The van der Waals surface area contributed by atoms with E-state index in [-0.39, 0.29) is 5.82 Å². The molecule has 0 unspecified atom stereocenters. The standard InChI is InChI=1S/C11H12FN3/c12-10-7-9(8-13)1-2-11(10)15-5-3-14-4-6-15/h1-2,7,14H,3-6H2/p+1. The van der Waals surface area contributed by atoms with Crippen molar-refractivity contribution in [3.05, 3.63) is 29.6 Å². The Morgan fingerprint density at radius 3 is 2.67 bits per heavy atom. The topological polar surface area (TPSA) is 43.6 Å². The lowest BCUT2D eigenvalue weighted by atomic mass is 10.2. The van der Waals surface area contributed by atoms with Gasteiger partial charge in [0.1, 0.15) is 5.82 Å². The summed E-state index contributed by atoms with van der Waals surface area (Å²) in [5, 5.41) is 10.8. The molecular weight excluding hydrogens is 193 g/mol. The van der Waals surface area contributed by atoms with Crippen molar-refractivity contribution < 1.29 is 9.71 Å². The van der Waals surface area contributed by atoms with Gasteiger partial charge in [-0.2, -0.15) is 5.26 Å². The lowest BCUT2D eigenvalue weighted by Crippen LogP contribution is -2.89. The van der Waals surface area contributed by atoms with Crippen LogP contribution in [0.1, 0.15) is 5.56 Å². The molecule has 0 radical (unpaired) electrons. The first-order valence-electron chi connectivity index (χ1n) is 5.07. The molecule has 0 atom stereocenters. The van der Waals surface area contributed by atoms with Crippen LogP contribution >= 0.6 is 0 Å². The van der Waals surface area contributed by atoms with Gasteiger partial charge in [0.15, 0.2) is 0 Å². The molecular formula is C11H13FN3+. The average molecular weight is 206 g/mol. The number of piperazine rings is 1. The molecule has 15 heavy (non-hydrogen) atoms. The molecule has 3 nitrogen and oxygen atoms in total. The van der Waals surface area contributed by atoms with Gasteiger partial charge < -0.3 is 10.2 Å². The molecule has 0 aromatic heterocycles. The van der Waals surface area contributed by atoms with Crippen LogP contribution in [0.5, 0.6) is 0 Å². The van der Waals surface area contributed by atoms with Crippen LogP contribution in [0.15, 0.2) is 18.2 Å². The summed E-state index contributed by atoms with van der Waals surface area (Å²) in [6, 6.07) is 6.59. The van der Waals surface area contributed by atoms with Gasteiger partial charge in [-0.1, -0.05) is 0 Å². The number of rotatable bonds is 1. The van der Waals surface area contributed by atoms with Crippen LogP contribution in [-0.2, 0) is 0 Å². The normalized spacial score (nSPS) is 16.1. The number of anilines is 1. The molecule has 0 aliphatic carbocycles. The molecule has 0 spiro atoms. The maximum Gasteiger partial charge on any atom is 0.147 e. The zero-order chi connectivity index (χ0) is 10.7. The number of halogens is 1.